The number of rotatable bonds is 10. The molecule has 2 aliphatic carbocycles. The molecule has 246 valence electrons. The number of nitrogens with zero attached hydrogens (tertiary/aromatic N) is 6. The molecule has 0 atom stereocenters. The molecule has 2 saturated carbocycles. The summed E-state index contributed by atoms with van der Waals surface area (Å²) in [7, 11) is 0. The predicted molar refractivity (Wildman–Crippen MR) is 175 cm³/mol. The fourth-order valence-corrected chi connectivity index (χ4v) is 6.83. The van der Waals surface area contributed by atoms with E-state index in [0.29, 0.717) is 17.6 Å². The third-order valence-electron chi connectivity index (χ3n) is 9.72. The zero-order valence-corrected chi connectivity index (χ0v) is 26.4. The van der Waals surface area contributed by atoms with Crippen molar-refractivity contribution in [2.45, 2.75) is 63.7 Å². The normalized spacial score (nSPS) is 20.7. The number of anilines is 1. The molecule has 2 aromatic heterocycles. The number of carbonyl (C=O) groups excluding carboxylic acids is 1. The molecular weight excluding hydrogens is 602 g/mol. The van der Waals surface area contributed by atoms with E-state index in [2.05, 4.69) is 30.5 Å². The number of amides is 1. The smallest absolute Gasteiger partial charge is 0.279 e. The highest BCUT2D eigenvalue weighted by atomic mass is 19.2. The van der Waals surface area contributed by atoms with E-state index in [1.54, 1.807) is 6.20 Å². The first kappa shape index (κ1) is 31.3. The van der Waals surface area contributed by atoms with Gasteiger partial charge in [0.25, 0.3) is 11.5 Å². The van der Waals surface area contributed by atoms with Crippen LogP contribution in [0.4, 0.5) is 14.6 Å². The van der Waals surface area contributed by atoms with Gasteiger partial charge in [-0.2, -0.15) is 5.10 Å². The Labute approximate surface area is 272 Å². The molecule has 0 bridgehead atoms. The molecule has 1 saturated heterocycles. The van der Waals surface area contributed by atoms with Crippen molar-refractivity contribution in [1.29, 1.82) is 0 Å². The highest BCUT2D eigenvalue weighted by Crippen LogP contribution is 2.31. The average Bonchev–Trinajstić information content (AvgIpc) is 3.91. The summed E-state index contributed by atoms with van der Waals surface area (Å²) in [6.07, 6.45) is 10.6. The molecule has 7 rings (SSSR count). The maximum absolute atomic E-state index is 13.6. The van der Waals surface area contributed by atoms with Crippen LogP contribution in [0.5, 0.6) is 0 Å². The molecule has 2 N–H and O–H groups in total. The predicted octanol–water partition coefficient (Wildman–Crippen LogP) is 4.19. The molecule has 10 nitrogen and oxygen atoms in total. The van der Waals surface area contributed by atoms with Crippen LogP contribution in [-0.2, 0) is 13.1 Å². The van der Waals surface area contributed by atoms with Crippen LogP contribution in [-0.4, -0.2) is 80.3 Å². The van der Waals surface area contributed by atoms with Gasteiger partial charge in [0.05, 0.1) is 23.8 Å². The summed E-state index contributed by atoms with van der Waals surface area (Å²) < 4.78 is 28.0. The minimum Gasteiger partial charge on any atom is -0.366 e. The summed E-state index contributed by atoms with van der Waals surface area (Å²) in [5.41, 5.74) is 1.91. The second kappa shape index (κ2) is 13.8. The van der Waals surface area contributed by atoms with Gasteiger partial charge in [-0.15, -0.1) is 0 Å². The zero-order valence-electron chi connectivity index (χ0n) is 26.4. The molecular formula is C35H40F2N8O2. The molecule has 0 unspecified atom stereocenters. The van der Waals surface area contributed by atoms with Crippen LogP contribution in [0.3, 0.4) is 0 Å². The van der Waals surface area contributed by atoms with Crippen LogP contribution < -0.4 is 16.2 Å². The Morgan fingerprint density at radius 1 is 0.872 bits per heavy atom. The third-order valence-corrected chi connectivity index (χ3v) is 9.72. The van der Waals surface area contributed by atoms with E-state index in [0.717, 1.165) is 58.0 Å². The lowest BCUT2D eigenvalue weighted by Gasteiger charge is -2.42. The lowest BCUT2D eigenvalue weighted by molar-refractivity contribution is 0.0752. The molecule has 0 spiro atoms. The van der Waals surface area contributed by atoms with Crippen molar-refractivity contribution < 1.29 is 13.6 Å². The molecule has 4 aromatic rings. The fourth-order valence-electron chi connectivity index (χ4n) is 6.83. The number of hydrogen-bond donors (Lipinski definition) is 2. The van der Waals surface area contributed by atoms with Crippen molar-refractivity contribution in [1.82, 2.24) is 34.9 Å². The Morgan fingerprint density at radius 2 is 1.66 bits per heavy atom. The molecule has 12 heteroatoms. The van der Waals surface area contributed by atoms with Gasteiger partial charge in [-0.3, -0.25) is 19.5 Å². The van der Waals surface area contributed by atoms with Crippen molar-refractivity contribution in [3.63, 3.8) is 0 Å². The molecule has 47 heavy (non-hydrogen) atoms. The fraction of sp³-hybridized carbons (Fsp3) is 0.457. The first-order chi connectivity index (χ1) is 22.9. The summed E-state index contributed by atoms with van der Waals surface area (Å²) >= 11 is 0. The lowest BCUT2D eigenvalue weighted by atomic mass is 9.89. The van der Waals surface area contributed by atoms with Crippen LogP contribution in [0.25, 0.3) is 11.0 Å². The van der Waals surface area contributed by atoms with Gasteiger partial charge in [0.2, 0.25) is 0 Å². The quantitative estimate of drug-likeness (QED) is 0.265. The summed E-state index contributed by atoms with van der Waals surface area (Å²) in [5, 5.41) is 10.4. The summed E-state index contributed by atoms with van der Waals surface area (Å²) in [5.74, 6) is -0.846. The largest absolute Gasteiger partial charge is 0.366 e. The van der Waals surface area contributed by atoms with Crippen molar-refractivity contribution in [2.75, 3.05) is 38.0 Å². The summed E-state index contributed by atoms with van der Waals surface area (Å²) in [6.45, 7) is 6.17. The van der Waals surface area contributed by atoms with Gasteiger partial charge < -0.3 is 15.5 Å². The van der Waals surface area contributed by atoms with Crippen molar-refractivity contribution in [3.8, 4) is 0 Å². The van der Waals surface area contributed by atoms with Crippen molar-refractivity contribution in [3.05, 3.63) is 93.5 Å². The zero-order chi connectivity index (χ0) is 32.3. The van der Waals surface area contributed by atoms with Crippen molar-refractivity contribution in [2.24, 2.45) is 5.92 Å². The SMILES string of the molecule is O=C(NCc1ccc2ncc(NC3CCC(N4CCN(CC5CC5)CC4)CC3)nc2c1)c1ccnn(Cc2ccc(F)c(F)c2)c1=O. The van der Waals surface area contributed by atoms with E-state index in [9.17, 15) is 18.4 Å². The van der Waals surface area contributed by atoms with E-state index in [4.69, 9.17) is 4.98 Å². The van der Waals surface area contributed by atoms with Crippen LogP contribution in [0.1, 0.15) is 60.0 Å². The van der Waals surface area contributed by atoms with Gasteiger partial charge in [0.15, 0.2) is 11.6 Å². The van der Waals surface area contributed by atoms with E-state index in [1.807, 2.05) is 18.2 Å². The van der Waals surface area contributed by atoms with Gasteiger partial charge in [-0.05, 0) is 85.9 Å². The Bertz CT molecular complexity index is 1800. The number of piperazine rings is 1. The molecule has 0 radical (unpaired) electrons. The maximum Gasteiger partial charge on any atom is 0.279 e. The summed E-state index contributed by atoms with van der Waals surface area (Å²) in [4.78, 5) is 40.7. The van der Waals surface area contributed by atoms with Crippen LogP contribution >= 0.6 is 0 Å². The molecule has 3 aliphatic rings. The number of halogens is 2. The van der Waals surface area contributed by atoms with Gasteiger partial charge in [0, 0.05) is 57.5 Å². The maximum atomic E-state index is 13.6. The molecule has 3 fully saturated rings. The second-order valence-electron chi connectivity index (χ2n) is 13.1. The van der Waals surface area contributed by atoms with Gasteiger partial charge in [-0.1, -0.05) is 12.1 Å². The number of fused-ring (bicyclic) bond motifs is 1. The minimum absolute atomic E-state index is 0.0970. The van der Waals surface area contributed by atoms with E-state index >= 15 is 0 Å². The van der Waals surface area contributed by atoms with E-state index in [-0.39, 0.29) is 18.7 Å². The van der Waals surface area contributed by atoms with Crippen LogP contribution in [0.2, 0.25) is 0 Å². The number of hydrogen-bond acceptors (Lipinski definition) is 8. The number of benzene rings is 2. The van der Waals surface area contributed by atoms with Gasteiger partial charge >= 0.3 is 0 Å². The third kappa shape index (κ3) is 7.65. The monoisotopic (exact) mass is 642 g/mol. The number of nitrogens with one attached hydrogen (secondary N) is 2. The Balaban J connectivity index is 0.922. The van der Waals surface area contributed by atoms with Gasteiger partial charge in [-0.25, -0.2) is 18.4 Å². The average molecular weight is 643 g/mol. The first-order valence-corrected chi connectivity index (χ1v) is 16.6. The molecule has 3 heterocycles. The Morgan fingerprint density at radius 3 is 2.43 bits per heavy atom. The number of carbonyl (C=O) groups is 1. The van der Waals surface area contributed by atoms with Gasteiger partial charge in [0.1, 0.15) is 11.4 Å². The molecule has 1 aliphatic heterocycles. The Hall–Kier alpha value is -4.29. The van der Waals surface area contributed by atoms with Crippen molar-refractivity contribution >= 4 is 22.8 Å². The number of aromatic nitrogens is 4. The standard InChI is InChI=1S/C35H40F2N8O2/c36-29-9-3-25(17-30(29)37)22-45-35(47)28(11-12-40-45)34(46)39-19-24-4-10-31-32(18-24)42-33(20-38-31)41-26-5-7-27(8-6-26)44-15-13-43(14-16-44)21-23-1-2-23/h3-4,9-12,17-18,20,23,26-27H,1-2,5-8,13-16,19,21-22H2,(H,39,46)(H,41,42). The van der Waals surface area contributed by atoms with E-state index in [1.165, 1.54) is 76.7 Å². The van der Waals surface area contributed by atoms with Crippen LogP contribution in [0, 0.1) is 17.6 Å². The summed E-state index contributed by atoms with van der Waals surface area (Å²) in [6, 6.07) is 11.4. The van der Waals surface area contributed by atoms with Crippen LogP contribution in [0.15, 0.2) is 59.7 Å². The van der Waals surface area contributed by atoms with E-state index < -0.39 is 23.1 Å². The highest BCUT2D eigenvalue weighted by molar-refractivity contribution is 5.93. The first-order valence-electron chi connectivity index (χ1n) is 16.6. The lowest BCUT2D eigenvalue weighted by Crippen LogP contribution is -2.51. The highest BCUT2D eigenvalue weighted by Gasteiger charge is 2.30. The molecule has 1 amide bonds. The molecule has 2 aromatic carbocycles. The Kier molecular flexibility index (Phi) is 9.21. The topological polar surface area (TPSA) is 108 Å². The minimum atomic E-state index is -1.02. The second-order valence-corrected chi connectivity index (χ2v) is 13.1.